The van der Waals surface area contributed by atoms with Crippen molar-refractivity contribution in [3.63, 3.8) is 0 Å². The molecule has 196 valence electrons. The molecule has 7 heteroatoms. The predicted octanol–water partition coefficient (Wildman–Crippen LogP) is 5.51. The van der Waals surface area contributed by atoms with Crippen molar-refractivity contribution in [3.8, 4) is 11.5 Å². The van der Waals surface area contributed by atoms with Gasteiger partial charge in [0.1, 0.15) is 17.5 Å². The van der Waals surface area contributed by atoms with Gasteiger partial charge in [-0.1, -0.05) is 61.0 Å². The second-order valence-corrected chi connectivity index (χ2v) is 9.41. The largest absolute Gasteiger partial charge is 0.497 e. The highest BCUT2D eigenvalue weighted by Crippen LogP contribution is 2.26. The zero-order valence-corrected chi connectivity index (χ0v) is 22.7. The number of nitrogens with zero attached hydrogens (tertiary/aromatic N) is 1. The van der Waals surface area contributed by atoms with Crippen LogP contribution in [0.1, 0.15) is 35.6 Å². The standard InChI is InChI=1S/C30H35ClN2O4/c1-5-14-32-30(35)27(18-23-10-7-6-8-11-23)33(19-24-12-9-13-25(17-24)36-4)28(34)20-37-26-15-21(2)29(31)22(3)16-26/h6-13,15-17,27H,5,14,18-20H2,1-4H3,(H,32,35). The van der Waals surface area contributed by atoms with Crippen LogP contribution >= 0.6 is 11.6 Å². The monoisotopic (exact) mass is 522 g/mol. The maximum atomic E-state index is 13.7. The number of aryl methyl sites for hydroxylation is 2. The molecule has 0 saturated heterocycles. The summed E-state index contributed by atoms with van der Waals surface area (Å²) >= 11 is 6.29. The summed E-state index contributed by atoms with van der Waals surface area (Å²) < 4.78 is 11.3. The summed E-state index contributed by atoms with van der Waals surface area (Å²) in [6.07, 6.45) is 1.18. The first-order valence-corrected chi connectivity index (χ1v) is 12.8. The van der Waals surface area contributed by atoms with Crippen LogP contribution in [0.15, 0.2) is 66.7 Å². The fraction of sp³-hybridized carbons (Fsp3) is 0.333. The Labute approximate surface area is 224 Å². The molecule has 1 atom stereocenters. The van der Waals surface area contributed by atoms with Gasteiger partial charge in [0.15, 0.2) is 6.61 Å². The van der Waals surface area contributed by atoms with Gasteiger partial charge < -0.3 is 19.7 Å². The number of rotatable bonds is 12. The minimum Gasteiger partial charge on any atom is -0.497 e. The first-order chi connectivity index (χ1) is 17.8. The molecule has 0 fully saturated rings. The van der Waals surface area contributed by atoms with Gasteiger partial charge in [-0.3, -0.25) is 9.59 Å². The van der Waals surface area contributed by atoms with Crippen LogP contribution in [0.5, 0.6) is 11.5 Å². The van der Waals surface area contributed by atoms with Gasteiger partial charge >= 0.3 is 0 Å². The SMILES string of the molecule is CCCNC(=O)C(Cc1ccccc1)N(Cc1cccc(OC)c1)C(=O)COc1cc(C)c(Cl)c(C)c1. The Morgan fingerprint density at radius 2 is 1.62 bits per heavy atom. The molecular formula is C30H35ClN2O4. The number of halogens is 1. The molecule has 0 aliphatic heterocycles. The Kier molecular flexibility index (Phi) is 10.4. The summed E-state index contributed by atoms with van der Waals surface area (Å²) in [5.41, 5.74) is 3.57. The van der Waals surface area contributed by atoms with E-state index in [9.17, 15) is 9.59 Å². The normalized spacial score (nSPS) is 11.5. The quantitative estimate of drug-likeness (QED) is 0.340. The number of carbonyl (C=O) groups is 2. The zero-order chi connectivity index (χ0) is 26.8. The number of hydrogen-bond donors (Lipinski definition) is 1. The highest BCUT2D eigenvalue weighted by atomic mass is 35.5. The van der Waals surface area contributed by atoms with Crippen molar-refractivity contribution < 1.29 is 19.1 Å². The smallest absolute Gasteiger partial charge is 0.261 e. The van der Waals surface area contributed by atoms with E-state index in [1.807, 2.05) is 87.5 Å². The molecule has 0 spiro atoms. The number of nitrogens with one attached hydrogen (secondary N) is 1. The van der Waals surface area contributed by atoms with Crippen molar-refractivity contribution in [1.82, 2.24) is 10.2 Å². The highest BCUT2D eigenvalue weighted by Gasteiger charge is 2.30. The molecule has 1 N–H and O–H groups in total. The maximum absolute atomic E-state index is 13.7. The second kappa shape index (κ2) is 13.7. The molecule has 0 heterocycles. The highest BCUT2D eigenvalue weighted by molar-refractivity contribution is 6.32. The summed E-state index contributed by atoms with van der Waals surface area (Å²) in [7, 11) is 1.60. The lowest BCUT2D eigenvalue weighted by Crippen LogP contribution is -2.51. The van der Waals surface area contributed by atoms with E-state index >= 15 is 0 Å². The third-order valence-electron chi connectivity index (χ3n) is 6.08. The molecule has 2 amide bonds. The Bertz CT molecular complexity index is 1180. The zero-order valence-electron chi connectivity index (χ0n) is 21.9. The lowest BCUT2D eigenvalue weighted by Gasteiger charge is -2.31. The predicted molar refractivity (Wildman–Crippen MR) is 147 cm³/mol. The third-order valence-corrected chi connectivity index (χ3v) is 6.68. The van der Waals surface area contributed by atoms with Crippen molar-refractivity contribution in [3.05, 3.63) is 94.0 Å². The minimum absolute atomic E-state index is 0.194. The Balaban J connectivity index is 1.92. The summed E-state index contributed by atoms with van der Waals surface area (Å²) in [5, 5.41) is 3.65. The minimum atomic E-state index is -0.718. The average molecular weight is 523 g/mol. The molecule has 0 aromatic heterocycles. The van der Waals surface area contributed by atoms with Crippen LogP contribution in [-0.2, 0) is 22.6 Å². The van der Waals surface area contributed by atoms with Gasteiger partial charge in [-0.25, -0.2) is 0 Å². The van der Waals surface area contributed by atoms with E-state index < -0.39 is 6.04 Å². The van der Waals surface area contributed by atoms with Crippen molar-refractivity contribution in [2.75, 3.05) is 20.3 Å². The van der Waals surface area contributed by atoms with E-state index in [1.165, 1.54) is 0 Å². The van der Waals surface area contributed by atoms with Crippen LogP contribution in [0.3, 0.4) is 0 Å². The fourth-order valence-electron chi connectivity index (χ4n) is 4.10. The van der Waals surface area contributed by atoms with Gasteiger partial charge in [0, 0.05) is 24.5 Å². The number of benzene rings is 3. The Morgan fingerprint density at radius 3 is 2.27 bits per heavy atom. The van der Waals surface area contributed by atoms with Gasteiger partial charge in [-0.05, 0) is 66.8 Å². The molecule has 0 radical (unpaired) electrons. The van der Waals surface area contributed by atoms with Crippen molar-refractivity contribution >= 4 is 23.4 Å². The molecule has 37 heavy (non-hydrogen) atoms. The topological polar surface area (TPSA) is 67.9 Å². The first kappa shape index (κ1) is 28.1. The van der Waals surface area contributed by atoms with E-state index in [-0.39, 0.29) is 25.0 Å². The van der Waals surface area contributed by atoms with Crippen molar-refractivity contribution in [1.29, 1.82) is 0 Å². The average Bonchev–Trinajstić information content (AvgIpc) is 2.91. The number of ether oxygens (including phenoxy) is 2. The molecule has 1 unspecified atom stereocenters. The van der Waals surface area contributed by atoms with Gasteiger partial charge in [0.25, 0.3) is 5.91 Å². The first-order valence-electron chi connectivity index (χ1n) is 12.5. The number of amides is 2. The van der Waals surface area contributed by atoms with Crippen molar-refractivity contribution in [2.45, 2.75) is 46.2 Å². The molecule has 0 bridgehead atoms. The summed E-state index contributed by atoms with van der Waals surface area (Å²) in [6, 6.07) is 20.1. The molecule has 0 saturated carbocycles. The van der Waals surface area contributed by atoms with Crippen LogP contribution < -0.4 is 14.8 Å². The molecule has 6 nitrogen and oxygen atoms in total. The van der Waals surface area contributed by atoms with E-state index in [0.717, 1.165) is 28.7 Å². The van der Waals surface area contributed by atoms with E-state index in [1.54, 1.807) is 12.0 Å². The van der Waals surface area contributed by atoms with E-state index in [2.05, 4.69) is 5.32 Å². The van der Waals surface area contributed by atoms with Gasteiger partial charge in [0.2, 0.25) is 5.91 Å². The summed E-state index contributed by atoms with van der Waals surface area (Å²) in [4.78, 5) is 28.7. The lowest BCUT2D eigenvalue weighted by atomic mass is 10.0. The van der Waals surface area contributed by atoms with Crippen LogP contribution in [-0.4, -0.2) is 43.0 Å². The molecule has 0 aliphatic rings. The van der Waals surface area contributed by atoms with Crippen molar-refractivity contribution in [2.24, 2.45) is 0 Å². The van der Waals surface area contributed by atoms with Crippen LogP contribution in [0.25, 0.3) is 0 Å². The molecular weight excluding hydrogens is 488 g/mol. The Hall–Kier alpha value is -3.51. The molecule has 0 aliphatic carbocycles. The van der Waals surface area contributed by atoms with Gasteiger partial charge in [-0.15, -0.1) is 0 Å². The van der Waals surface area contributed by atoms with Crippen LogP contribution in [0.4, 0.5) is 0 Å². The van der Waals surface area contributed by atoms with E-state index in [0.29, 0.717) is 29.5 Å². The molecule has 3 rings (SSSR count). The lowest BCUT2D eigenvalue weighted by molar-refractivity contribution is -0.142. The van der Waals surface area contributed by atoms with Gasteiger partial charge in [-0.2, -0.15) is 0 Å². The van der Waals surface area contributed by atoms with Crippen LogP contribution in [0, 0.1) is 13.8 Å². The third kappa shape index (κ3) is 7.99. The second-order valence-electron chi connectivity index (χ2n) is 9.03. The van der Waals surface area contributed by atoms with Crippen LogP contribution in [0.2, 0.25) is 5.02 Å². The molecule has 3 aromatic rings. The summed E-state index contributed by atoms with van der Waals surface area (Å²) in [6.45, 7) is 6.34. The maximum Gasteiger partial charge on any atom is 0.261 e. The Morgan fingerprint density at radius 1 is 0.946 bits per heavy atom. The fourth-order valence-corrected chi connectivity index (χ4v) is 4.21. The number of carbonyl (C=O) groups excluding carboxylic acids is 2. The number of methoxy groups -OCH3 is 1. The van der Waals surface area contributed by atoms with E-state index in [4.69, 9.17) is 21.1 Å². The molecule has 3 aromatic carbocycles. The van der Waals surface area contributed by atoms with Gasteiger partial charge in [0.05, 0.1) is 7.11 Å². The summed E-state index contributed by atoms with van der Waals surface area (Å²) in [5.74, 6) is 0.758. The number of hydrogen-bond acceptors (Lipinski definition) is 4.